The maximum atomic E-state index is 14.0. The van der Waals surface area contributed by atoms with Crippen LogP contribution < -0.4 is 24.4 Å². The molecule has 1 saturated heterocycles. The van der Waals surface area contributed by atoms with Gasteiger partial charge in [0.05, 0.1) is 44.8 Å². The Bertz CT molecular complexity index is 1500. The summed E-state index contributed by atoms with van der Waals surface area (Å²) in [4.78, 5) is 11.4. The third-order valence-corrected chi connectivity index (χ3v) is 6.20. The zero-order valence-electron chi connectivity index (χ0n) is 21.0. The number of nitrogens with one attached hydrogen (secondary N) is 1. The number of ether oxygens (including phenoxy) is 4. The predicted octanol–water partition coefficient (Wildman–Crippen LogP) is 4.82. The SMILES string of the molecule is COc1ccc(COc2ccc(Nc3ccc4ncc(N5CCOCC5)nc4c3C#N)cc2OC)cc1F. The Labute approximate surface area is 219 Å². The van der Waals surface area contributed by atoms with Crippen LogP contribution in [0.3, 0.4) is 0 Å². The van der Waals surface area contributed by atoms with Crippen LogP contribution in [0.2, 0.25) is 0 Å². The highest BCUT2D eigenvalue weighted by Gasteiger charge is 2.17. The number of anilines is 3. The van der Waals surface area contributed by atoms with Crippen LogP contribution in [0.1, 0.15) is 11.1 Å². The number of aromatic nitrogens is 2. The first-order valence-electron chi connectivity index (χ1n) is 12.0. The van der Waals surface area contributed by atoms with E-state index in [9.17, 15) is 9.65 Å². The van der Waals surface area contributed by atoms with Crippen molar-refractivity contribution in [2.75, 3.05) is 50.7 Å². The Hall–Kier alpha value is -4.62. The topological polar surface area (TPSA) is 102 Å². The molecule has 1 aliphatic heterocycles. The second kappa shape index (κ2) is 11.2. The highest BCUT2D eigenvalue weighted by molar-refractivity contribution is 5.89. The number of hydrogen-bond donors (Lipinski definition) is 1. The van der Waals surface area contributed by atoms with Crippen molar-refractivity contribution in [1.82, 2.24) is 9.97 Å². The quantitative estimate of drug-likeness (QED) is 0.354. The van der Waals surface area contributed by atoms with Gasteiger partial charge in [0.1, 0.15) is 29.6 Å². The van der Waals surface area contributed by atoms with E-state index in [0.717, 1.165) is 18.9 Å². The number of halogens is 1. The van der Waals surface area contributed by atoms with Gasteiger partial charge in [0.15, 0.2) is 23.1 Å². The highest BCUT2D eigenvalue weighted by atomic mass is 19.1. The summed E-state index contributed by atoms with van der Waals surface area (Å²) in [6.45, 7) is 2.86. The van der Waals surface area contributed by atoms with Gasteiger partial charge < -0.3 is 29.2 Å². The summed E-state index contributed by atoms with van der Waals surface area (Å²) in [6.07, 6.45) is 1.73. The minimum Gasteiger partial charge on any atom is -0.494 e. The molecule has 2 heterocycles. The van der Waals surface area contributed by atoms with Crippen LogP contribution in [-0.2, 0) is 11.3 Å². The largest absolute Gasteiger partial charge is 0.494 e. The van der Waals surface area contributed by atoms with Gasteiger partial charge in [0.25, 0.3) is 0 Å². The van der Waals surface area contributed by atoms with Gasteiger partial charge >= 0.3 is 0 Å². The molecule has 1 N–H and O–H groups in total. The smallest absolute Gasteiger partial charge is 0.165 e. The first-order chi connectivity index (χ1) is 18.6. The molecule has 1 fully saturated rings. The van der Waals surface area contributed by atoms with E-state index >= 15 is 0 Å². The molecule has 4 aromatic rings. The number of nitriles is 1. The monoisotopic (exact) mass is 515 g/mol. The zero-order chi connectivity index (χ0) is 26.5. The molecule has 10 heteroatoms. The molecular weight excluding hydrogens is 489 g/mol. The standard InChI is InChI=1S/C28H26FN5O4/c1-35-24-7-3-18(13-21(24)29)17-38-25-8-4-19(14-26(25)36-2)32-22-5-6-23-28(20(22)15-30)33-27(16-31-23)34-9-11-37-12-10-34/h3-8,13-14,16,32H,9-12,17H2,1-2H3. The van der Waals surface area contributed by atoms with Crippen LogP contribution in [0.15, 0.2) is 54.7 Å². The highest BCUT2D eigenvalue weighted by Crippen LogP contribution is 2.34. The number of hydrogen-bond acceptors (Lipinski definition) is 9. The van der Waals surface area contributed by atoms with E-state index in [4.69, 9.17) is 23.9 Å². The Morgan fingerprint density at radius 3 is 2.55 bits per heavy atom. The Morgan fingerprint density at radius 1 is 1.03 bits per heavy atom. The number of benzene rings is 3. The molecule has 194 valence electrons. The molecule has 0 atom stereocenters. The van der Waals surface area contributed by atoms with E-state index in [2.05, 4.69) is 21.3 Å². The second-order valence-electron chi connectivity index (χ2n) is 8.54. The molecule has 0 radical (unpaired) electrons. The summed E-state index contributed by atoms with van der Waals surface area (Å²) in [7, 11) is 2.96. The van der Waals surface area contributed by atoms with Gasteiger partial charge in [-0.05, 0) is 42.0 Å². The molecule has 5 rings (SSSR count). The summed E-state index contributed by atoms with van der Waals surface area (Å²) < 4.78 is 35.8. The maximum absolute atomic E-state index is 14.0. The van der Waals surface area contributed by atoms with E-state index in [-0.39, 0.29) is 12.4 Å². The lowest BCUT2D eigenvalue weighted by Gasteiger charge is -2.27. The van der Waals surface area contributed by atoms with Crippen molar-refractivity contribution in [1.29, 1.82) is 5.26 Å². The molecule has 0 bridgehead atoms. The fourth-order valence-electron chi connectivity index (χ4n) is 4.21. The van der Waals surface area contributed by atoms with Crippen LogP contribution in [0.5, 0.6) is 17.2 Å². The molecule has 0 saturated carbocycles. The van der Waals surface area contributed by atoms with Crippen LogP contribution in [0.25, 0.3) is 11.0 Å². The lowest BCUT2D eigenvalue weighted by atomic mass is 10.1. The summed E-state index contributed by atoms with van der Waals surface area (Å²) in [5.74, 6) is 1.42. The molecule has 9 nitrogen and oxygen atoms in total. The van der Waals surface area contributed by atoms with E-state index in [1.807, 2.05) is 12.1 Å². The van der Waals surface area contributed by atoms with Crippen LogP contribution in [-0.4, -0.2) is 50.5 Å². The molecule has 1 aliphatic rings. The molecule has 0 spiro atoms. The summed E-state index contributed by atoms with van der Waals surface area (Å²) in [6, 6.07) is 15.9. The lowest BCUT2D eigenvalue weighted by molar-refractivity contribution is 0.122. The van der Waals surface area contributed by atoms with Gasteiger partial charge in [0.2, 0.25) is 0 Å². The van der Waals surface area contributed by atoms with Gasteiger partial charge in [0, 0.05) is 24.8 Å². The molecule has 0 unspecified atom stereocenters. The Balaban J connectivity index is 1.37. The van der Waals surface area contributed by atoms with Gasteiger partial charge in [-0.3, -0.25) is 4.98 Å². The number of methoxy groups -OCH3 is 2. The number of morpholine rings is 1. The molecule has 38 heavy (non-hydrogen) atoms. The van der Waals surface area contributed by atoms with Gasteiger partial charge in [-0.1, -0.05) is 6.07 Å². The third-order valence-electron chi connectivity index (χ3n) is 6.20. The van der Waals surface area contributed by atoms with Gasteiger partial charge in [-0.25, -0.2) is 9.37 Å². The predicted molar refractivity (Wildman–Crippen MR) is 141 cm³/mol. The number of fused-ring (bicyclic) bond motifs is 1. The second-order valence-corrected chi connectivity index (χ2v) is 8.54. The van der Waals surface area contributed by atoms with Crippen molar-refractivity contribution in [3.05, 3.63) is 71.7 Å². The third kappa shape index (κ3) is 5.23. The van der Waals surface area contributed by atoms with Crippen molar-refractivity contribution in [3.63, 3.8) is 0 Å². The number of rotatable bonds is 8. The van der Waals surface area contributed by atoms with Crippen molar-refractivity contribution >= 4 is 28.2 Å². The average Bonchev–Trinajstić information content (AvgIpc) is 2.96. The first kappa shape index (κ1) is 25.0. The van der Waals surface area contributed by atoms with Crippen molar-refractivity contribution in [3.8, 4) is 23.3 Å². The van der Waals surface area contributed by atoms with E-state index in [1.54, 1.807) is 43.6 Å². The summed E-state index contributed by atoms with van der Waals surface area (Å²) in [5, 5.41) is 13.3. The van der Waals surface area contributed by atoms with Crippen molar-refractivity contribution in [2.24, 2.45) is 0 Å². The normalized spacial score (nSPS) is 13.2. The zero-order valence-corrected chi connectivity index (χ0v) is 21.0. The molecule has 1 aromatic heterocycles. The fourth-order valence-corrected chi connectivity index (χ4v) is 4.21. The number of nitrogens with zero attached hydrogens (tertiary/aromatic N) is 4. The molecular formula is C28H26FN5O4. The van der Waals surface area contributed by atoms with Crippen molar-refractivity contribution < 1.29 is 23.3 Å². The van der Waals surface area contributed by atoms with Crippen molar-refractivity contribution in [2.45, 2.75) is 6.61 Å². The Morgan fingerprint density at radius 2 is 1.82 bits per heavy atom. The van der Waals surface area contributed by atoms with Crippen LogP contribution in [0, 0.1) is 17.1 Å². The summed E-state index contributed by atoms with van der Waals surface area (Å²) >= 11 is 0. The van der Waals surface area contributed by atoms with E-state index in [0.29, 0.717) is 58.2 Å². The molecule has 0 amide bonds. The van der Waals surface area contributed by atoms with Crippen LogP contribution >= 0.6 is 0 Å². The molecule has 3 aromatic carbocycles. The van der Waals surface area contributed by atoms with E-state index < -0.39 is 5.82 Å². The van der Waals surface area contributed by atoms with Crippen LogP contribution in [0.4, 0.5) is 21.6 Å². The minimum atomic E-state index is -0.453. The molecule has 0 aliphatic carbocycles. The maximum Gasteiger partial charge on any atom is 0.165 e. The summed E-state index contributed by atoms with van der Waals surface area (Å²) in [5.41, 5.74) is 3.50. The van der Waals surface area contributed by atoms with Gasteiger partial charge in [-0.15, -0.1) is 0 Å². The van der Waals surface area contributed by atoms with Gasteiger partial charge in [-0.2, -0.15) is 5.26 Å². The minimum absolute atomic E-state index is 0.150. The lowest BCUT2D eigenvalue weighted by Crippen LogP contribution is -2.36. The average molecular weight is 516 g/mol. The fraction of sp³-hybridized carbons (Fsp3) is 0.250. The Kier molecular flexibility index (Phi) is 7.38. The van der Waals surface area contributed by atoms with E-state index in [1.165, 1.54) is 13.2 Å². The first-order valence-corrected chi connectivity index (χ1v) is 12.0.